The van der Waals surface area contributed by atoms with Crippen molar-refractivity contribution < 1.29 is 44.9 Å². The molecule has 0 N–H and O–H groups in total. The van der Waals surface area contributed by atoms with Crippen LogP contribution in [0.5, 0.6) is 17.2 Å². The molecular formula is C15H9F7O3. The second kappa shape index (κ2) is 6.69. The largest absolute Gasteiger partial charge is 0.573 e. The van der Waals surface area contributed by atoms with E-state index in [1.165, 1.54) is 19.2 Å². The van der Waals surface area contributed by atoms with E-state index in [0.717, 1.165) is 12.1 Å². The molecule has 3 nitrogen and oxygen atoms in total. The van der Waals surface area contributed by atoms with E-state index in [1.807, 2.05) is 0 Å². The third-order valence-electron chi connectivity index (χ3n) is 2.86. The molecule has 0 radical (unpaired) electrons. The van der Waals surface area contributed by atoms with Gasteiger partial charge in [0.15, 0.2) is 11.6 Å². The molecule has 2 aromatic rings. The Hall–Kier alpha value is -2.65. The van der Waals surface area contributed by atoms with Crippen LogP contribution < -0.4 is 14.2 Å². The Morgan fingerprint density at radius 3 is 1.72 bits per heavy atom. The van der Waals surface area contributed by atoms with Crippen molar-refractivity contribution in [3.63, 3.8) is 0 Å². The maximum absolute atomic E-state index is 14.0. The van der Waals surface area contributed by atoms with Crippen molar-refractivity contribution >= 4 is 0 Å². The van der Waals surface area contributed by atoms with E-state index >= 15 is 0 Å². The van der Waals surface area contributed by atoms with Gasteiger partial charge in [0, 0.05) is 12.1 Å². The van der Waals surface area contributed by atoms with Crippen LogP contribution in [-0.4, -0.2) is 13.5 Å². The third-order valence-corrected chi connectivity index (χ3v) is 2.86. The van der Waals surface area contributed by atoms with E-state index < -0.39 is 41.2 Å². The highest BCUT2D eigenvalue weighted by Crippen LogP contribution is 2.36. The van der Waals surface area contributed by atoms with Crippen LogP contribution in [0.25, 0.3) is 0 Å². The van der Waals surface area contributed by atoms with Gasteiger partial charge in [0.2, 0.25) is 5.75 Å². The fraction of sp³-hybridized carbons (Fsp3) is 0.200. The number of halogens is 7. The molecular weight excluding hydrogens is 361 g/mol. The lowest BCUT2D eigenvalue weighted by atomic mass is 10.2. The Morgan fingerprint density at radius 1 is 0.760 bits per heavy atom. The molecule has 0 heterocycles. The highest BCUT2D eigenvalue weighted by Gasteiger charge is 2.37. The van der Waals surface area contributed by atoms with E-state index in [2.05, 4.69) is 9.47 Å². The van der Waals surface area contributed by atoms with Crippen LogP contribution in [0.3, 0.4) is 0 Å². The van der Waals surface area contributed by atoms with E-state index in [9.17, 15) is 30.7 Å². The van der Waals surface area contributed by atoms with E-state index in [0.29, 0.717) is 0 Å². The predicted molar refractivity (Wildman–Crippen MR) is 70.6 cm³/mol. The topological polar surface area (TPSA) is 27.7 Å². The summed E-state index contributed by atoms with van der Waals surface area (Å²) < 4.78 is 103. The smallest absolute Gasteiger partial charge is 0.497 e. The molecule has 0 saturated heterocycles. The number of hydrogen-bond donors (Lipinski definition) is 0. The summed E-state index contributed by atoms with van der Waals surface area (Å²) in [6.07, 6.45) is -9.35. The minimum atomic E-state index is -5.35. The summed E-state index contributed by atoms with van der Waals surface area (Å²) in [5, 5.41) is 0. The number of ether oxygens (including phenoxy) is 3. The number of hydrogen-bond acceptors (Lipinski definition) is 3. The summed E-state index contributed by atoms with van der Waals surface area (Å²) in [4.78, 5) is 0. The van der Waals surface area contributed by atoms with Crippen molar-refractivity contribution in [1.82, 2.24) is 0 Å². The van der Waals surface area contributed by atoms with Crippen molar-refractivity contribution in [1.29, 1.82) is 0 Å². The Morgan fingerprint density at radius 2 is 1.28 bits per heavy atom. The van der Waals surface area contributed by atoms with E-state index in [-0.39, 0.29) is 17.9 Å². The summed E-state index contributed by atoms with van der Waals surface area (Å²) in [6, 6.07) is 4.62. The zero-order valence-corrected chi connectivity index (χ0v) is 12.3. The second-order valence-electron chi connectivity index (χ2n) is 4.61. The van der Waals surface area contributed by atoms with Crippen LogP contribution in [-0.2, 0) is 6.11 Å². The first-order valence-electron chi connectivity index (χ1n) is 6.48. The van der Waals surface area contributed by atoms with Gasteiger partial charge in [-0.15, -0.1) is 13.2 Å². The number of rotatable bonds is 5. The van der Waals surface area contributed by atoms with Gasteiger partial charge in [-0.1, -0.05) is 0 Å². The Kier molecular flexibility index (Phi) is 5.00. The molecule has 136 valence electrons. The molecule has 0 unspecified atom stereocenters. The third kappa shape index (κ3) is 4.68. The Labute approximate surface area is 136 Å². The molecule has 0 aromatic heterocycles. The van der Waals surface area contributed by atoms with Crippen LogP contribution in [0, 0.1) is 11.6 Å². The van der Waals surface area contributed by atoms with E-state index in [4.69, 9.17) is 4.74 Å². The summed E-state index contributed by atoms with van der Waals surface area (Å²) in [6.45, 7) is 0. The maximum atomic E-state index is 14.0. The second-order valence-corrected chi connectivity index (χ2v) is 4.61. The molecule has 0 atom stereocenters. The normalized spacial score (nSPS) is 12.0. The Balaban J connectivity index is 2.26. The highest BCUT2D eigenvalue weighted by molar-refractivity contribution is 5.36. The zero-order chi connectivity index (χ0) is 18.8. The summed E-state index contributed by atoms with van der Waals surface area (Å²) in [5.74, 6) is -6.21. The number of benzene rings is 2. The van der Waals surface area contributed by atoms with Crippen LogP contribution in [0.15, 0.2) is 36.4 Å². The summed E-state index contributed by atoms with van der Waals surface area (Å²) in [5.41, 5.74) is -0.662. The van der Waals surface area contributed by atoms with Crippen LogP contribution in [0.4, 0.5) is 30.7 Å². The molecule has 2 rings (SSSR count). The van der Waals surface area contributed by atoms with E-state index in [1.54, 1.807) is 0 Å². The standard InChI is InChI=1S/C15H9F7O3/c1-23-9-4-2-8(3-5-9)14(18,19)24-10-6-11(16)13(12(17)7-10)25-15(20,21)22/h2-7H,1H3. The molecule has 0 amide bonds. The van der Waals surface area contributed by atoms with Gasteiger partial charge in [-0.25, -0.2) is 8.78 Å². The quantitative estimate of drug-likeness (QED) is 0.694. The lowest BCUT2D eigenvalue weighted by Gasteiger charge is -2.19. The van der Waals surface area contributed by atoms with Crippen molar-refractivity contribution in [2.24, 2.45) is 0 Å². The summed E-state index contributed by atoms with van der Waals surface area (Å²) in [7, 11) is 1.32. The average Bonchev–Trinajstić information content (AvgIpc) is 2.50. The predicted octanol–water partition coefficient (Wildman–Crippen LogP) is 5.00. The van der Waals surface area contributed by atoms with Gasteiger partial charge >= 0.3 is 12.5 Å². The van der Waals surface area contributed by atoms with Crippen molar-refractivity contribution in [2.45, 2.75) is 12.5 Å². The average molecular weight is 370 g/mol. The minimum Gasteiger partial charge on any atom is -0.497 e. The van der Waals surface area contributed by atoms with Gasteiger partial charge in [0.1, 0.15) is 11.5 Å². The molecule has 10 heteroatoms. The van der Waals surface area contributed by atoms with Gasteiger partial charge in [0.05, 0.1) is 12.7 Å². The monoisotopic (exact) mass is 370 g/mol. The lowest BCUT2D eigenvalue weighted by Crippen LogP contribution is -2.22. The van der Waals surface area contributed by atoms with Gasteiger partial charge < -0.3 is 14.2 Å². The van der Waals surface area contributed by atoms with Gasteiger partial charge in [-0.3, -0.25) is 0 Å². The molecule has 0 saturated carbocycles. The molecule has 0 fully saturated rings. The number of methoxy groups -OCH3 is 1. The Bertz CT molecular complexity index is 719. The number of alkyl halides is 5. The first kappa shape index (κ1) is 18.7. The van der Waals surface area contributed by atoms with Crippen LogP contribution in [0.2, 0.25) is 0 Å². The maximum Gasteiger partial charge on any atom is 0.573 e. The minimum absolute atomic E-state index is 0.154. The fourth-order valence-corrected chi connectivity index (χ4v) is 1.80. The summed E-state index contributed by atoms with van der Waals surface area (Å²) >= 11 is 0. The zero-order valence-electron chi connectivity index (χ0n) is 12.3. The van der Waals surface area contributed by atoms with Crippen molar-refractivity contribution in [3.05, 3.63) is 53.6 Å². The van der Waals surface area contributed by atoms with Crippen LogP contribution in [0.1, 0.15) is 5.56 Å². The van der Waals surface area contributed by atoms with Crippen molar-refractivity contribution in [3.8, 4) is 17.2 Å². The SMILES string of the molecule is COc1ccc(C(F)(F)Oc2cc(F)c(OC(F)(F)F)c(F)c2)cc1. The molecule has 2 aromatic carbocycles. The first-order valence-corrected chi connectivity index (χ1v) is 6.48. The molecule has 0 bridgehead atoms. The van der Waals surface area contributed by atoms with Crippen LogP contribution >= 0.6 is 0 Å². The van der Waals surface area contributed by atoms with Crippen molar-refractivity contribution in [2.75, 3.05) is 7.11 Å². The first-order chi connectivity index (χ1) is 11.5. The highest BCUT2D eigenvalue weighted by atomic mass is 19.4. The molecule has 0 spiro atoms. The molecule has 0 aliphatic heterocycles. The van der Waals surface area contributed by atoms with Gasteiger partial charge in [-0.2, -0.15) is 8.78 Å². The fourth-order valence-electron chi connectivity index (χ4n) is 1.80. The molecule has 0 aliphatic carbocycles. The lowest BCUT2D eigenvalue weighted by molar-refractivity contribution is -0.276. The molecule has 0 aliphatic rings. The molecule has 25 heavy (non-hydrogen) atoms. The van der Waals surface area contributed by atoms with Gasteiger partial charge in [0.25, 0.3) is 0 Å². The van der Waals surface area contributed by atoms with Gasteiger partial charge in [-0.05, 0) is 24.3 Å².